The van der Waals surface area contributed by atoms with Gasteiger partial charge in [-0.15, -0.1) is 0 Å². The molecule has 0 spiro atoms. The number of carbonyl (C=O) groups is 1. The van der Waals surface area contributed by atoms with Crippen molar-refractivity contribution < 1.29 is 9.53 Å². The number of amides is 1. The molecule has 134 valence electrons. The van der Waals surface area contributed by atoms with Crippen LogP contribution in [0.4, 0.5) is 0 Å². The van der Waals surface area contributed by atoms with Gasteiger partial charge in [-0.25, -0.2) is 4.98 Å². The van der Waals surface area contributed by atoms with Crippen molar-refractivity contribution in [2.45, 2.75) is 18.9 Å². The maximum atomic E-state index is 12.4. The maximum absolute atomic E-state index is 12.4. The van der Waals surface area contributed by atoms with Gasteiger partial charge in [0.2, 0.25) is 5.91 Å². The summed E-state index contributed by atoms with van der Waals surface area (Å²) in [6, 6.07) is 7.38. The number of rotatable bonds is 5. The fourth-order valence-electron chi connectivity index (χ4n) is 3.04. The lowest BCUT2D eigenvalue weighted by atomic mass is 10.2. The number of H-pyrrole nitrogens is 1. The first-order valence-corrected chi connectivity index (χ1v) is 8.55. The molecule has 1 aliphatic rings. The molecule has 2 aromatic rings. The Kier molecular flexibility index (Phi) is 5.45. The van der Waals surface area contributed by atoms with E-state index in [4.69, 9.17) is 4.74 Å². The van der Waals surface area contributed by atoms with Crippen LogP contribution in [0, 0.1) is 0 Å². The van der Waals surface area contributed by atoms with Gasteiger partial charge in [0, 0.05) is 39.5 Å². The average molecular weight is 344 g/mol. The summed E-state index contributed by atoms with van der Waals surface area (Å²) in [4.78, 5) is 35.5. The number of benzene rings is 1. The SMILES string of the molecule is CN1CCOC(CN(C)C(=O)CCc2nc3ccccc3[nH]c2=O)C1. The predicted molar refractivity (Wildman–Crippen MR) is 95.6 cm³/mol. The van der Waals surface area contributed by atoms with Gasteiger partial charge in [-0.3, -0.25) is 9.59 Å². The van der Waals surface area contributed by atoms with E-state index < -0.39 is 0 Å². The number of carbonyl (C=O) groups excluding carboxylic acids is 1. The normalized spacial score (nSPS) is 18.4. The highest BCUT2D eigenvalue weighted by molar-refractivity contribution is 5.76. The Morgan fingerprint density at radius 2 is 2.24 bits per heavy atom. The molecule has 7 heteroatoms. The third-order valence-corrected chi connectivity index (χ3v) is 4.49. The Morgan fingerprint density at radius 1 is 1.44 bits per heavy atom. The van der Waals surface area contributed by atoms with Crippen LogP contribution in [0.3, 0.4) is 0 Å². The van der Waals surface area contributed by atoms with Crippen LogP contribution in [-0.4, -0.2) is 72.1 Å². The second-order valence-corrected chi connectivity index (χ2v) is 6.56. The summed E-state index contributed by atoms with van der Waals surface area (Å²) >= 11 is 0. The van der Waals surface area contributed by atoms with Crippen LogP contribution in [0.1, 0.15) is 12.1 Å². The lowest BCUT2D eigenvalue weighted by Gasteiger charge is -2.32. The van der Waals surface area contributed by atoms with E-state index in [1.807, 2.05) is 24.3 Å². The summed E-state index contributed by atoms with van der Waals surface area (Å²) < 4.78 is 5.70. The van der Waals surface area contributed by atoms with Gasteiger partial charge in [-0.2, -0.15) is 0 Å². The minimum atomic E-state index is -0.230. The number of hydrogen-bond acceptors (Lipinski definition) is 5. The van der Waals surface area contributed by atoms with Gasteiger partial charge in [0.15, 0.2) is 0 Å². The molecular weight excluding hydrogens is 320 g/mol. The largest absolute Gasteiger partial charge is 0.374 e. The zero-order valence-corrected chi connectivity index (χ0v) is 14.7. The first kappa shape index (κ1) is 17.6. The van der Waals surface area contributed by atoms with Crippen LogP contribution in [0.15, 0.2) is 29.1 Å². The van der Waals surface area contributed by atoms with Crippen LogP contribution in [-0.2, 0) is 16.0 Å². The standard InChI is InChI=1S/C18H24N4O3/c1-21-9-10-25-13(11-21)12-22(2)17(23)8-7-16-18(24)20-15-6-4-3-5-14(15)19-16/h3-6,13H,7-12H2,1-2H3,(H,20,24). The van der Waals surface area contributed by atoms with Gasteiger partial charge in [-0.05, 0) is 19.2 Å². The van der Waals surface area contributed by atoms with Crippen molar-refractivity contribution in [2.75, 3.05) is 40.3 Å². The second-order valence-electron chi connectivity index (χ2n) is 6.56. The first-order chi connectivity index (χ1) is 12.0. The van der Waals surface area contributed by atoms with Crippen molar-refractivity contribution in [3.05, 3.63) is 40.3 Å². The van der Waals surface area contributed by atoms with Crippen molar-refractivity contribution >= 4 is 16.9 Å². The molecule has 2 heterocycles. The van der Waals surface area contributed by atoms with E-state index in [2.05, 4.69) is 21.9 Å². The van der Waals surface area contributed by atoms with Crippen LogP contribution in [0.5, 0.6) is 0 Å². The molecule has 1 unspecified atom stereocenters. The summed E-state index contributed by atoms with van der Waals surface area (Å²) in [5.41, 5.74) is 1.61. The molecule has 1 saturated heterocycles. The number of ether oxygens (including phenoxy) is 1. The lowest BCUT2D eigenvalue weighted by molar-refractivity contribution is -0.132. The number of fused-ring (bicyclic) bond motifs is 1. The molecule has 0 radical (unpaired) electrons. The number of para-hydroxylation sites is 2. The Labute approximate surface area is 146 Å². The molecule has 1 N–H and O–H groups in total. The molecule has 1 fully saturated rings. The number of aryl methyl sites for hydroxylation is 1. The number of hydrogen-bond donors (Lipinski definition) is 1. The van der Waals surface area contributed by atoms with Crippen LogP contribution in [0.25, 0.3) is 11.0 Å². The van der Waals surface area contributed by atoms with E-state index in [0.29, 0.717) is 30.8 Å². The summed E-state index contributed by atoms with van der Waals surface area (Å²) in [7, 11) is 3.83. The van der Waals surface area contributed by atoms with E-state index in [9.17, 15) is 9.59 Å². The molecule has 3 rings (SSSR count). The highest BCUT2D eigenvalue weighted by atomic mass is 16.5. The van der Waals surface area contributed by atoms with Crippen molar-refractivity contribution in [1.29, 1.82) is 0 Å². The molecule has 1 aromatic heterocycles. The van der Waals surface area contributed by atoms with Crippen LogP contribution < -0.4 is 5.56 Å². The zero-order valence-electron chi connectivity index (χ0n) is 14.7. The third-order valence-electron chi connectivity index (χ3n) is 4.49. The highest BCUT2D eigenvalue weighted by Crippen LogP contribution is 2.08. The summed E-state index contributed by atoms with van der Waals surface area (Å²) in [5, 5.41) is 0. The van der Waals surface area contributed by atoms with Gasteiger partial charge in [0.1, 0.15) is 5.69 Å². The quantitative estimate of drug-likeness (QED) is 0.861. The molecule has 1 atom stereocenters. The Hall–Kier alpha value is -2.25. The maximum Gasteiger partial charge on any atom is 0.270 e. The highest BCUT2D eigenvalue weighted by Gasteiger charge is 2.21. The predicted octanol–water partition coefficient (Wildman–Crippen LogP) is 0.645. The molecule has 0 saturated carbocycles. The topological polar surface area (TPSA) is 78.5 Å². The first-order valence-electron chi connectivity index (χ1n) is 8.55. The van der Waals surface area contributed by atoms with Gasteiger partial charge in [0.05, 0.1) is 23.7 Å². The van der Waals surface area contributed by atoms with Crippen molar-refractivity contribution in [2.24, 2.45) is 0 Å². The Balaban J connectivity index is 1.58. The van der Waals surface area contributed by atoms with E-state index >= 15 is 0 Å². The van der Waals surface area contributed by atoms with Crippen molar-refractivity contribution in [3.8, 4) is 0 Å². The Morgan fingerprint density at radius 3 is 3.04 bits per heavy atom. The number of likely N-dealkylation sites (N-methyl/N-ethyl adjacent to an activating group) is 2. The molecule has 1 aliphatic heterocycles. The third kappa shape index (κ3) is 4.43. The zero-order chi connectivity index (χ0) is 17.8. The van der Waals surface area contributed by atoms with Gasteiger partial charge in [0.25, 0.3) is 5.56 Å². The molecule has 7 nitrogen and oxygen atoms in total. The average Bonchev–Trinajstić information content (AvgIpc) is 2.59. The summed E-state index contributed by atoms with van der Waals surface area (Å²) in [5.74, 6) is -0.00816. The smallest absolute Gasteiger partial charge is 0.270 e. The number of aromatic nitrogens is 2. The molecule has 25 heavy (non-hydrogen) atoms. The Bertz CT molecular complexity index is 804. The van der Waals surface area contributed by atoms with Gasteiger partial charge >= 0.3 is 0 Å². The van der Waals surface area contributed by atoms with Crippen molar-refractivity contribution in [1.82, 2.24) is 19.8 Å². The molecule has 0 aliphatic carbocycles. The van der Waals surface area contributed by atoms with E-state index in [0.717, 1.165) is 18.6 Å². The van der Waals surface area contributed by atoms with E-state index in [-0.39, 0.29) is 24.0 Å². The molecule has 1 aromatic carbocycles. The fraction of sp³-hybridized carbons (Fsp3) is 0.500. The second kappa shape index (κ2) is 7.76. The van der Waals surface area contributed by atoms with Gasteiger partial charge in [-0.1, -0.05) is 12.1 Å². The minimum absolute atomic E-state index is 0.00816. The fourth-order valence-corrected chi connectivity index (χ4v) is 3.04. The van der Waals surface area contributed by atoms with E-state index in [1.165, 1.54) is 0 Å². The minimum Gasteiger partial charge on any atom is -0.374 e. The molecular formula is C18H24N4O3. The lowest BCUT2D eigenvalue weighted by Crippen LogP contribution is -2.46. The number of morpholine rings is 1. The van der Waals surface area contributed by atoms with Crippen LogP contribution in [0.2, 0.25) is 0 Å². The van der Waals surface area contributed by atoms with Gasteiger partial charge < -0.3 is 19.5 Å². The molecule has 0 bridgehead atoms. The van der Waals surface area contributed by atoms with Crippen molar-refractivity contribution in [3.63, 3.8) is 0 Å². The number of nitrogens with zero attached hydrogens (tertiary/aromatic N) is 3. The summed E-state index contributed by atoms with van der Waals surface area (Å²) in [6.45, 7) is 3.00. The van der Waals surface area contributed by atoms with Crippen LogP contribution >= 0.6 is 0 Å². The summed E-state index contributed by atoms with van der Waals surface area (Å²) in [6.07, 6.45) is 0.623. The number of nitrogens with one attached hydrogen (secondary N) is 1. The number of aromatic amines is 1. The molecule has 1 amide bonds. The van der Waals surface area contributed by atoms with E-state index in [1.54, 1.807) is 11.9 Å². The monoisotopic (exact) mass is 344 g/mol.